The summed E-state index contributed by atoms with van der Waals surface area (Å²) < 4.78 is 10.6. The Labute approximate surface area is 207 Å². The molecule has 0 atom stereocenters. The number of fused-ring (bicyclic) bond motifs is 1. The highest BCUT2D eigenvalue weighted by Gasteiger charge is 2.17. The van der Waals surface area contributed by atoms with E-state index >= 15 is 0 Å². The first-order valence-electron chi connectivity index (χ1n) is 11.5. The molecule has 0 saturated carbocycles. The van der Waals surface area contributed by atoms with Crippen LogP contribution in [0.15, 0.2) is 54.6 Å². The summed E-state index contributed by atoms with van der Waals surface area (Å²) in [6.07, 6.45) is 0. The Morgan fingerprint density at radius 2 is 1.77 bits per heavy atom. The maximum Gasteiger partial charge on any atom is 0.255 e. The van der Waals surface area contributed by atoms with Gasteiger partial charge in [-0.05, 0) is 36.4 Å². The van der Waals surface area contributed by atoms with Crippen LogP contribution < -0.4 is 20.1 Å². The SMILES string of the molecule is COc1cc(OC)cc(C(=O)Nc2ccccc2-c2nc3ccc(CN4CCNCC4)nc3s2)c1. The second kappa shape index (κ2) is 10.4. The number of benzene rings is 2. The van der Waals surface area contributed by atoms with E-state index in [0.29, 0.717) is 22.7 Å². The van der Waals surface area contributed by atoms with E-state index in [4.69, 9.17) is 19.4 Å². The number of ether oxygens (including phenoxy) is 2. The van der Waals surface area contributed by atoms with Gasteiger partial charge in [-0.15, -0.1) is 0 Å². The van der Waals surface area contributed by atoms with E-state index in [0.717, 1.165) is 59.3 Å². The van der Waals surface area contributed by atoms with Crippen LogP contribution in [0.25, 0.3) is 20.9 Å². The second-order valence-electron chi connectivity index (χ2n) is 8.27. The average Bonchev–Trinajstić information content (AvgIpc) is 3.32. The molecule has 2 aromatic heterocycles. The van der Waals surface area contributed by atoms with Crippen molar-refractivity contribution in [3.05, 3.63) is 65.9 Å². The highest BCUT2D eigenvalue weighted by Crippen LogP contribution is 2.34. The van der Waals surface area contributed by atoms with Crippen LogP contribution in [0.1, 0.15) is 16.1 Å². The van der Waals surface area contributed by atoms with Crippen molar-refractivity contribution in [1.29, 1.82) is 0 Å². The van der Waals surface area contributed by atoms with E-state index < -0.39 is 0 Å². The quantitative estimate of drug-likeness (QED) is 0.405. The van der Waals surface area contributed by atoms with Crippen LogP contribution in [0.4, 0.5) is 5.69 Å². The molecule has 0 spiro atoms. The number of carbonyl (C=O) groups is 1. The van der Waals surface area contributed by atoms with Gasteiger partial charge in [0, 0.05) is 49.9 Å². The highest BCUT2D eigenvalue weighted by molar-refractivity contribution is 7.21. The zero-order valence-electron chi connectivity index (χ0n) is 19.7. The molecule has 0 radical (unpaired) electrons. The minimum absolute atomic E-state index is 0.257. The molecule has 4 aromatic rings. The van der Waals surface area contributed by atoms with E-state index in [1.807, 2.05) is 30.3 Å². The van der Waals surface area contributed by atoms with Crippen molar-refractivity contribution in [2.24, 2.45) is 0 Å². The fourth-order valence-electron chi connectivity index (χ4n) is 4.07. The minimum Gasteiger partial charge on any atom is -0.497 e. The molecule has 180 valence electrons. The van der Waals surface area contributed by atoms with Crippen LogP contribution in [-0.2, 0) is 6.54 Å². The molecule has 0 bridgehead atoms. The first-order chi connectivity index (χ1) is 17.1. The molecule has 1 fully saturated rings. The van der Waals surface area contributed by atoms with Gasteiger partial charge in [-0.2, -0.15) is 0 Å². The summed E-state index contributed by atoms with van der Waals surface area (Å²) in [6, 6.07) is 16.8. The van der Waals surface area contributed by atoms with Crippen LogP contribution in [-0.4, -0.2) is 61.2 Å². The lowest BCUT2D eigenvalue weighted by Crippen LogP contribution is -2.43. The number of amides is 1. The van der Waals surface area contributed by atoms with Gasteiger partial charge >= 0.3 is 0 Å². The molecule has 1 aliphatic heterocycles. The molecule has 35 heavy (non-hydrogen) atoms. The Bertz CT molecular complexity index is 1330. The summed E-state index contributed by atoms with van der Waals surface area (Å²) in [7, 11) is 3.12. The van der Waals surface area contributed by atoms with Crippen molar-refractivity contribution in [3.8, 4) is 22.1 Å². The molecule has 5 rings (SSSR count). The Morgan fingerprint density at radius 1 is 1.03 bits per heavy atom. The van der Waals surface area contributed by atoms with E-state index in [1.165, 1.54) is 11.3 Å². The van der Waals surface area contributed by atoms with Gasteiger partial charge in [0.05, 0.1) is 25.6 Å². The van der Waals surface area contributed by atoms with Crippen molar-refractivity contribution in [2.45, 2.75) is 6.54 Å². The molecular weight excluding hydrogens is 462 g/mol. The van der Waals surface area contributed by atoms with Crippen molar-refractivity contribution in [3.63, 3.8) is 0 Å². The summed E-state index contributed by atoms with van der Waals surface area (Å²) in [5, 5.41) is 7.21. The van der Waals surface area contributed by atoms with Crippen molar-refractivity contribution in [2.75, 3.05) is 45.7 Å². The maximum absolute atomic E-state index is 13.1. The van der Waals surface area contributed by atoms with E-state index in [9.17, 15) is 4.79 Å². The average molecular weight is 490 g/mol. The molecule has 1 saturated heterocycles. The van der Waals surface area contributed by atoms with Gasteiger partial charge in [0.25, 0.3) is 5.91 Å². The number of nitrogens with one attached hydrogen (secondary N) is 2. The maximum atomic E-state index is 13.1. The minimum atomic E-state index is -0.257. The molecule has 0 aliphatic carbocycles. The summed E-state index contributed by atoms with van der Waals surface area (Å²) in [5.41, 5.74) is 3.87. The summed E-state index contributed by atoms with van der Waals surface area (Å²) in [4.78, 5) is 26.1. The number of pyridine rings is 1. The smallest absolute Gasteiger partial charge is 0.255 e. The molecule has 2 aromatic carbocycles. The molecule has 8 nitrogen and oxygen atoms in total. The van der Waals surface area contributed by atoms with E-state index in [1.54, 1.807) is 32.4 Å². The van der Waals surface area contributed by atoms with Gasteiger partial charge < -0.3 is 20.1 Å². The molecule has 0 unspecified atom stereocenters. The zero-order chi connectivity index (χ0) is 24.2. The van der Waals surface area contributed by atoms with Crippen LogP contribution >= 0.6 is 11.3 Å². The largest absolute Gasteiger partial charge is 0.497 e. The molecular formula is C26H27N5O3S. The third-order valence-corrected chi connectivity index (χ3v) is 6.93. The van der Waals surface area contributed by atoms with Crippen LogP contribution in [0, 0.1) is 0 Å². The fraction of sp³-hybridized carbons (Fsp3) is 0.269. The number of hydrogen-bond acceptors (Lipinski definition) is 8. The number of thiazole rings is 1. The number of carbonyl (C=O) groups excluding carboxylic acids is 1. The normalized spacial score (nSPS) is 14.1. The first kappa shape index (κ1) is 23.2. The third-order valence-electron chi connectivity index (χ3n) is 5.93. The molecule has 1 amide bonds. The number of anilines is 1. The Morgan fingerprint density at radius 3 is 2.51 bits per heavy atom. The first-order valence-corrected chi connectivity index (χ1v) is 12.3. The van der Waals surface area contributed by atoms with E-state index in [-0.39, 0.29) is 5.91 Å². The number of para-hydroxylation sites is 1. The van der Waals surface area contributed by atoms with Gasteiger partial charge in [-0.25, -0.2) is 9.97 Å². The van der Waals surface area contributed by atoms with Gasteiger partial charge in [-0.1, -0.05) is 23.5 Å². The zero-order valence-corrected chi connectivity index (χ0v) is 20.5. The highest BCUT2D eigenvalue weighted by atomic mass is 32.1. The van der Waals surface area contributed by atoms with E-state index in [2.05, 4.69) is 21.6 Å². The van der Waals surface area contributed by atoms with Gasteiger partial charge in [0.15, 0.2) is 0 Å². The van der Waals surface area contributed by atoms with Crippen LogP contribution in [0.2, 0.25) is 0 Å². The number of piperazine rings is 1. The monoisotopic (exact) mass is 489 g/mol. The fourth-order valence-corrected chi connectivity index (χ4v) is 5.06. The Hall–Kier alpha value is -3.53. The Kier molecular flexibility index (Phi) is 6.89. The molecule has 3 heterocycles. The summed E-state index contributed by atoms with van der Waals surface area (Å²) >= 11 is 1.53. The summed E-state index contributed by atoms with van der Waals surface area (Å²) in [6.45, 7) is 4.91. The van der Waals surface area contributed by atoms with Crippen molar-refractivity contribution >= 4 is 33.3 Å². The van der Waals surface area contributed by atoms with Crippen molar-refractivity contribution < 1.29 is 14.3 Å². The molecule has 1 aliphatic rings. The lowest BCUT2D eigenvalue weighted by Gasteiger charge is -2.26. The second-order valence-corrected chi connectivity index (χ2v) is 9.25. The Balaban J connectivity index is 1.40. The number of methoxy groups -OCH3 is 2. The van der Waals surface area contributed by atoms with Gasteiger partial charge in [0.1, 0.15) is 26.9 Å². The predicted octanol–water partition coefficient (Wildman–Crippen LogP) is 4.03. The topological polar surface area (TPSA) is 88.6 Å². The lowest BCUT2D eigenvalue weighted by atomic mass is 10.1. The van der Waals surface area contributed by atoms with Crippen LogP contribution in [0.3, 0.4) is 0 Å². The number of nitrogens with zero attached hydrogens (tertiary/aromatic N) is 3. The number of rotatable bonds is 7. The summed E-state index contributed by atoms with van der Waals surface area (Å²) in [5.74, 6) is 0.848. The van der Waals surface area contributed by atoms with Crippen LogP contribution in [0.5, 0.6) is 11.5 Å². The molecule has 9 heteroatoms. The van der Waals surface area contributed by atoms with Gasteiger partial charge in [0.2, 0.25) is 0 Å². The standard InChI is InChI=1S/C26H27N5O3S/c1-33-19-13-17(14-20(15-19)34-2)24(32)29-22-6-4-3-5-21(22)25-30-23-8-7-18(28-26(23)35-25)16-31-11-9-27-10-12-31/h3-8,13-15,27H,9-12,16H2,1-2H3,(H,29,32). The number of hydrogen-bond donors (Lipinski definition) is 2. The van der Waals surface area contributed by atoms with Gasteiger partial charge in [-0.3, -0.25) is 9.69 Å². The number of aromatic nitrogens is 2. The molecule has 2 N–H and O–H groups in total. The van der Waals surface area contributed by atoms with Crippen molar-refractivity contribution in [1.82, 2.24) is 20.2 Å². The predicted molar refractivity (Wildman–Crippen MR) is 138 cm³/mol. The lowest BCUT2D eigenvalue weighted by molar-refractivity contribution is 0.102. The third kappa shape index (κ3) is 5.27.